The van der Waals surface area contributed by atoms with E-state index in [2.05, 4.69) is 0 Å². The minimum atomic E-state index is -1.19. The lowest BCUT2D eigenvalue weighted by molar-refractivity contribution is -0.149. The van der Waals surface area contributed by atoms with Crippen molar-refractivity contribution in [2.24, 2.45) is 0 Å². The molecule has 1 fully saturated rings. The normalized spacial score (nSPS) is 19.3. The molecule has 0 amide bonds. The minimum Gasteiger partial charge on any atom is -0.480 e. The summed E-state index contributed by atoms with van der Waals surface area (Å²) in [5.41, 5.74) is 0. The van der Waals surface area contributed by atoms with Crippen molar-refractivity contribution in [3.05, 3.63) is 0 Å². The first kappa shape index (κ1) is 26.0. The average molecular weight is 382 g/mol. The summed E-state index contributed by atoms with van der Waals surface area (Å²) in [7, 11) is 0. The molecule has 0 aromatic rings. The average Bonchev–Trinajstić information content (AvgIpc) is 2.44. The molecule has 0 saturated heterocycles. The van der Waals surface area contributed by atoms with Gasteiger partial charge in [-0.25, -0.2) is 0 Å². The second-order valence-electron chi connectivity index (χ2n) is 5.80. The van der Waals surface area contributed by atoms with Gasteiger partial charge in [0.15, 0.2) is 0 Å². The van der Waals surface area contributed by atoms with Gasteiger partial charge in [0, 0.05) is 12.1 Å². The summed E-state index contributed by atoms with van der Waals surface area (Å²) in [6, 6.07) is -1.05. The molecule has 0 bridgehead atoms. The van der Waals surface area contributed by atoms with E-state index in [1.807, 2.05) is 0 Å². The van der Waals surface area contributed by atoms with Gasteiger partial charge in [0.2, 0.25) is 0 Å². The summed E-state index contributed by atoms with van der Waals surface area (Å²) >= 11 is 0. The first-order chi connectivity index (χ1) is 11.2. The molecule has 0 aliphatic heterocycles. The van der Waals surface area contributed by atoms with Crippen LogP contribution in [0.1, 0.15) is 25.7 Å². The highest BCUT2D eigenvalue weighted by molar-refractivity contribution is 5.73. The number of nitrogens with zero attached hydrogens (tertiary/aromatic N) is 2. The van der Waals surface area contributed by atoms with Gasteiger partial charge < -0.3 is 31.4 Å². The Hall–Kier alpha value is -2.28. The summed E-state index contributed by atoms with van der Waals surface area (Å²) < 4.78 is 0. The Bertz CT molecular complexity index is 422. The van der Waals surface area contributed by atoms with Crippen molar-refractivity contribution >= 4 is 23.9 Å². The van der Waals surface area contributed by atoms with Crippen LogP contribution in [0.5, 0.6) is 0 Å². The lowest BCUT2D eigenvalue weighted by Gasteiger charge is -2.43. The Morgan fingerprint density at radius 2 is 0.846 bits per heavy atom. The third-order valence-electron chi connectivity index (χ3n) is 3.99. The smallest absolute Gasteiger partial charge is 0.317 e. The standard InChI is InChI=1S/C14H22N2O8.2H2O/c17-11(18)5-15(6-12(19)20)9-3-1-2-4-10(9)16(7-13(21)22)8-14(23)24;;/h9-10H,1-8H2,(H,17,18)(H,19,20)(H,21,22)(H,23,24);2*1H2/t9-,10-;;/m1../s1. The van der Waals surface area contributed by atoms with Crippen LogP contribution in [-0.2, 0) is 19.2 Å². The molecule has 1 saturated carbocycles. The van der Waals surface area contributed by atoms with Gasteiger partial charge in [0.1, 0.15) is 0 Å². The van der Waals surface area contributed by atoms with Crippen LogP contribution in [-0.4, -0.2) is 103 Å². The maximum absolute atomic E-state index is 11.0. The first-order valence-corrected chi connectivity index (χ1v) is 7.56. The van der Waals surface area contributed by atoms with Crippen molar-refractivity contribution in [3.63, 3.8) is 0 Å². The van der Waals surface area contributed by atoms with Crippen LogP contribution in [0, 0.1) is 0 Å². The Balaban J connectivity index is 0. The second kappa shape index (κ2) is 12.1. The molecular formula is C14H26N2O10. The van der Waals surface area contributed by atoms with Crippen molar-refractivity contribution < 1.29 is 50.6 Å². The molecule has 1 aliphatic carbocycles. The fourth-order valence-corrected chi connectivity index (χ4v) is 3.22. The molecule has 0 heterocycles. The largest absolute Gasteiger partial charge is 0.480 e. The molecule has 0 spiro atoms. The van der Waals surface area contributed by atoms with Crippen LogP contribution < -0.4 is 0 Å². The molecule has 0 radical (unpaired) electrons. The molecular weight excluding hydrogens is 356 g/mol. The summed E-state index contributed by atoms with van der Waals surface area (Å²) in [5.74, 6) is -4.76. The van der Waals surface area contributed by atoms with Gasteiger partial charge >= 0.3 is 23.9 Å². The van der Waals surface area contributed by atoms with Gasteiger partial charge in [-0.1, -0.05) is 12.8 Å². The van der Waals surface area contributed by atoms with E-state index >= 15 is 0 Å². The van der Waals surface area contributed by atoms with Crippen LogP contribution in [0.4, 0.5) is 0 Å². The van der Waals surface area contributed by atoms with E-state index in [0.717, 1.165) is 12.8 Å². The van der Waals surface area contributed by atoms with Gasteiger partial charge in [0.05, 0.1) is 26.2 Å². The van der Waals surface area contributed by atoms with Gasteiger partial charge in [-0.2, -0.15) is 0 Å². The van der Waals surface area contributed by atoms with E-state index in [1.165, 1.54) is 9.80 Å². The van der Waals surface area contributed by atoms with Crippen LogP contribution in [0.15, 0.2) is 0 Å². The van der Waals surface area contributed by atoms with Crippen molar-refractivity contribution in [3.8, 4) is 0 Å². The van der Waals surface area contributed by atoms with E-state index in [9.17, 15) is 19.2 Å². The van der Waals surface area contributed by atoms with Gasteiger partial charge in [0.25, 0.3) is 0 Å². The maximum atomic E-state index is 11.0. The molecule has 8 N–H and O–H groups in total. The van der Waals surface area contributed by atoms with Crippen molar-refractivity contribution in [1.82, 2.24) is 9.80 Å². The number of hydrogen-bond acceptors (Lipinski definition) is 6. The molecule has 0 aromatic heterocycles. The zero-order valence-electron chi connectivity index (χ0n) is 14.1. The highest BCUT2D eigenvalue weighted by Gasteiger charge is 2.37. The monoisotopic (exact) mass is 382 g/mol. The quantitative estimate of drug-likeness (QED) is 0.313. The predicted molar refractivity (Wildman–Crippen MR) is 87.0 cm³/mol. The molecule has 0 unspecified atom stereocenters. The number of rotatable bonds is 10. The van der Waals surface area contributed by atoms with Crippen molar-refractivity contribution in [2.45, 2.75) is 37.8 Å². The topological polar surface area (TPSA) is 219 Å². The Labute approximate surface area is 149 Å². The lowest BCUT2D eigenvalue weighted by atomic mass is 9.87. The summed E-state index contributed by atoms with van der Waals surface area (Å²) in [4.78, 5) is 46.7. The number of carboxylic acids is 4. The molecule has 12 heteroatoms. The van der Waals surface area contributed by atoms with Gasteiger partial charge in [-0.05, 0) is 12.8 Å². The predicted octanol–water partition coefficient (Wildman–Crippen LogP) is -2.41. The zero-order chi connectivity index (χ0) is 18.3. The summed E-state index contributed by atoms with van der Waals surface area (Å²) in [6.07, 6.45) is 2.46. The van der Waals surface area contributed by atoms with E-state index in [1.54, 1.807) is 0 Å². The first-order valence-electron chi connectivity index (χ1n) is 7.56. The van der Waals surface area contributed by atoms with Crippen molar-refractivity contribution in [2.75, 3.05) is 26.2 Å². The Morgan fingerprint density at radius 1 is 0.615 bits per heavy atom. The number of carboxylic acid groups (broad SMARTS) is 4. The highest BCUT2D eigenvalue weighted by atomic mass is 16.4. The summed E-state index contributed by atoms with van der Waals surface area (Å²) in [6.45, 7) is -1.99. The molecule has 26 heavy (non-hydrogen) atoms. The Kier molecular flexibility index (Phi) is 12.1. The third-order valence-corrected chi connectivity index (χ3v) is 3.99. The van der Waals surface area contributed by atoms with Crippen LogP contribution in [0.2, 0.25) is 0 Å². The van der Waals surface area contributed by atoms with Crippen LogP contribution in [0.25, 0.3) is 0 Å². The number of hydrogen-bond donors (Lipinski definition) is 4. The minimum absolute atomic E-state index is 0. The Morgan fingerprint density at radius 3 is 1.04 bits per heavy atom. The van der Waals surface area contributed by atoms with Crippen LogP contribution >= 0.6 is 0 Å². The zero-order valence-corrected chi connectivity index (χ0v) is 14.1. The van der Waals surface area contributed by atoms with Gasteiger partial charge in [-0.3, -0.25) is 29.0 Å². The van der Waals surface area contributed by atoms with Gasteiger partial charge in [-0.15, -0.1) is 0 Å². The molecule has 1 rings (SSSR count). The maximum Gasteiger partial charge on any atom is 0.317 e. The fraction of sp³-hybridized carbons (Fsp3) is 0.714. The number of aliphatic carboxylic acids is 4. The highest BCUT2D eigenvalue weighted by Crippen LogP contribution is 2.27. The van der Waals surface area contributed by atoms with E-state index in [-0.39, 0.29) is 11.0 Å². The van der Waals surface area contributed by atoms with E-state index < -0.39 is 62.1 Å². The molecule has 152 valence electrons. The molecule has 2 atom stereocenters. The van der Waals surface area contributed by atoms with Crippen molar-refractivity contribution in [1.29, 1.82) is 0 Å². The summed E-state index contributed by atoms with van der Waals surface area (Å²) in [5, 5.41) is 36.0. The van der Waals surface area contributed by atoms with E-state index in [4.69, 9.17) is 20.4 Å². The fourth-order valence-electron chi connectivity index (χ4n) is 3.22. The molecule has 0 aromatic carbocycles. The second-order valence-corrected chi connectivity index (χ2v) is 5.80. The molecule has 1 aliphatic rings. The van der Waals surface area contributed by atoms with E-state index in [0.29, 0.717) is 12.8 Å². The number of carbonyl (C=O) groups is 4. The SMILES string of the molecule is O.O.O=C(O)CN(CC(=O)O)[C@@H]1CCCC[C@H]1N(CC(=O)O)CC(=O)O. The van der Waals surface area contributed by atoms with Crippen LogP contribution in [0.3, 0.4) is 0 Å². The lowest BCUT2D eigenvalue weighted by Crippen LogP contribution is -2.57. The molecule has 12 nitrogen and oxygen atoms in total. The third kappa shape index (κ3) is 8.71.